The van der Waals surface area contributed by atoms with Crippen molar-refractivity contribution in [2.75, 3.05) is 6.54 Å². The normalized spacial score (nSPS) is 13.8. The molecule has 1 rings (SSSR count). The summed E-state index contributed by atoms with van der Waals surface area (Å²) in [6.07, 6.45) is 2.33. The van der Waals surface area contributed by atoms with Gasteiger partial charge in [0.15, 0.2) is 0 Å². The Labute approximate surface area is 104 Å². The Bertz CT molecular complexity index is 311. The van der Waals surface area contributed by atoms with Crippen LogP contribution in [-0.2, 0) is 0 Å². The lowest BCUT2D eigenvalue weighted by Crippen LogP contribution is -2.15. The first-order valence-corrected chi connectivity index (χ1v) is 6.26. The lowest BCUT2D eigenvalue weighted by atomic mass is 9.84. The number of nitrogens with two attached hydrogens (primary N) is 1. The molecule has 1 nitrogen and oxygen atoms in total. The second-order valence-corrected chi connectivity index (χ2v) is 6.02. The Hall–Kier alpha value is -0.530. The van der Waals surface area contributed by atoms with Gasteiger partial charge in [-0.1, -0.05) is 44.5 Å². The molecule has 1 aromatic carbocycles. The highest BCUT2D eigenvalue weighted by molar-refractivity contribution is 6.30. The summed E-state index contributed by atoms with van der Waals surface area (Å²) in [6, 6.07) is 8.05. The average Bonchev–Trinajstić information content (AvgIpc) is 2.20. The summed E-state index contributed by atoms with van der Waals surface area (Å²) in [5.74, 6) is 0.455. The molecule has 90 valence electrons. The van der Waals surface area contributed by atoms with Crippen molar-refractivity contribution >= 4 is 11.6 Å². The van der Waals surface area contributed by atoms with Crippen LogP contribution in [0.4, 0.5) is 0 Å². The lowest BCUT2D eigenvalue weighted by molar-refractivity contribution is 0.349. The van der Waals surface area contributed by atoms with Crippen molar-refractivity contribution in [3.8, 4) is 0 Å². The molecule has 0 amide bonds. The molecule has 0 aromatic heterocycles. The summed E-state index contributed by atoms with van der Waals surface area (Å²) < 4.78 is 0. The van der Waals surface area contributed by atoms with Crippen LogP contribution in [0.5, 0.6) is 0 Å². The molecule has 0 spiro atoms. The number of hydrogen-bond donors (Lipinski definition) is 1. The highest BCUT2D eigenvalue weighted by Crippen LogP contribution is 2.28. The third-order valence-corrected chi connectivity index (χ3v) is 3.12. The van der Waals surface area contributed by atoms with E-state index in [9.17, 15) is 0 Å². The first kappa shape index (κ1) is 13.5. The predicted molar refractivity (Wildman–Crippen MR) is 71.9 cm³/mol. The maximum absolute atomic E-state index is 5.88. The maximum Gasteiger partial charge on any atom is 0.0406 e. The summed E-state index contributed by atoms with van der Waals surface area (Å²) in [7, 11) is 0. The molecule has 0 aliphatic heterocycles. The van der Waals surface area contributed by atoms with E-state index in [0.717, 1.165) is 11.4 Å². The number of halogens is 1. The van der Waals surface area contributed by atoms with Gasteiger partial charge >= 0.3 is 0 Å². The highest BCUT2D eigenvalue weighted by Gasteiger charge is 2.15. The van der Waals surface area contributed by atoms with E-state index >= 15 is 0 Å². The van der Waals surface area contributed by atoms with Gasteiger partial charge in [-0.25, -0.2) is 0 Å². The maximum atomic E-state index is 5.88. The van der Waals surface area contributed by atoms with Gasteiger partial charge in [0.1, 0.15) is 0 Å². The number of rotatable bonds is 4. The molecule has 0 bridgehead atoms. The van der Waals surface area contributed by atoms with Crippen molar-refractivity contribution in [3.05, 3.63) is 34.9 Å². The van der Waals surface area contributed by atoms with E-state index < -0.39 is 0 Å². The van der Waals surface area contributed by atoms with Crippen LogP contribution in [0.1, 0.15) is 45.1 Å². The van der Waals surface area contributed by atoms with Crippen LogP contribution >= 0.6 is 11.6 Å². The second-order valence-electron chi connectivity index (χ2n) is 5.58. The zero-order valence-corrected chi connectivity index (χ0v) is 11.2. The van der Waals surface area contributed by atoms with E-state index in [2.05, 4.69) is 32.9 Å². The Kier molecular flexibility index (Phi) is 4.82. The van der Waals surface area contributed by atoms with Crippen molar-refractivity contribution in [2.24, 2.45) is 11.1 Å². The molecule has 0 aliphatic carbocycles. The summed E-state index contributed by atoms with van der Waals surface area (Å²) in [6.45, 7) is 7.50. The van der Waals surface area contributed by atoms with Crippen LogP contribution in [0.2, 0.25) is 5.02 Å². The smallest absolute Gasteiger partial charge is 0.0406 e. The van der Waals surface area contributed by atoms with Crippen LogP contribution in [0.15, 0.2) is 24.3 Å². The lowest BCUT2D eigenvalue weighted by Gasteiger charge is -2.22. The number of hydrogen-bond acceptors (Lipinski definition) is 1. The predicted octanol–water partition coefficient (Wildman–Crippen LogP) is 4.21. The quantitative estimate of drug-likeness (QED) is 0.837. The highest BCUT2D eigenvalue weighted by atomic mass is 35.5. The molecule has 2 heteroatoms. The van der Waals surface area contributed by atoms with E-state index in [1.54, 1.807) is 0 Å². The van der Waals surface area contributed by atoms with E-state index in [1.807, 2.05) is 12.1 Å². The van der Waals surface area contributed by atoms with Gasteiger partial charge in [-0.2, -0.15) is 0 Å². The summed E-state index contributed by atoms with van der Waals surface area (Å²) in [5.41, 5.74) is 7.52. The van der Waals surface area contributed by atoms with Gasteiger partial charge in [-0.3, -0.25) is 0 Å². The van der Waals surface area contributed by atoms with Crippen LogP contribution in [-0.4, -0.2) is 6.54 Å². The molecule has 1 aromatic rings. The van der Waals surface area contributed by atoms with E-state index in [0.29, 0.717) is 17.9 Å². The largest absolute Gasteiger partial charge is 0.330 e. The van der Waals surface area contributed by atoms with Gasteiger partial charge in [-0.05, 0) is 48.4 Å². The molecule has 0 fully saturated rings. The topological polar surface area (TPSA) is 26.0 Å². The second kappa shape index (κ2) is 5.70. The zero-order chi connectivity index (χ0) is 12.2. The van der Waals surface area contributed by atoms with Crippen molar-refractivity contribution in [3.63, 3.8) is 0 Å². The Morgan fingerprint density at radius 1 is 1.19 bits per heavy atom. The van der Waals surface area contributed by atoms with Crippen molar-refractivity contribution in [2.45, 2.75) is 39.5 Å². The van der Waals surface area contributed by atoms with Crippen LogP contribution in [0.3, 0.4) is 0 Å². The van der Waals surface area contributed by atoms with Gasteiger partial charge in [-0.15, -0.1) is 0 Å². The fraction of sp³-hybridized carbons (Fsp3) is 0.571. The minimum Gasteiger partial charge on any atom is -0.330 e. The fourth-order valence-corrected chi connectivity index (χ4v) is 1.89. The van der Waals surface area contributed by atoms with Gasteiger partial charge in [0, 0.05) is 5.02 Å². The molecule has 2 N–H and O–H groups in total. The first-order chi connectivity index (χ1) is 7.42. The van der Waals surface area contributed by atoms with Gasteiger partial charge in [0.25, 0.3) is 0 Å². The van der Waals surface area contributed by atoms with Gasteiger partial charge < -0.3 is 5.73 Å². The minimum absolute atomic E-state index is 0.375. The van der Waals surface area contributed by atoms with E-state index in [4.69, 9.17) is 17.3 Å². The SMILES string of the molecule is CC(C)(C)CCC(CN)c1ccc(Cl)cc1. The van der Waals surface area contributed by atoms with E-state index in [1.165, 1.54) is 12.0 Å². The molecule has 16 heavy (non-hydrogen) atoms. The van der Waals surface area contributed by atoms with Crippen molar-refractivity contribution in [1.29, 1.82) is 0 Å². The summed E-state index contributed by atoms with van der Waals surface area (Å²) >= 11 is 5.88. The summed E-state index contributed by atoms with van der Waals surface area (Å²) in [5, 5.41) is 0.787. The molecule has 0 saturated carbocycles. The molecule has 0 saturated heterocycles. The average molecular weight is 240 g/mol. The Morgan fingerprint density at radius 2 is 1.75 bits per heavy atom. The number of benzene rings is 1. The summed E-state index contributed by atoms with van der Waals surface area (Å²) in [4.78, 5) is 0. The standard InChI is InChI=1S/C14H22ClN/c1-14(2,3)9-8-12(10-16)11-4-6-13(15)7-5-11/h4-7,12H,8-10,16H2,1-3H3. The molecule has 0 radical (unpaired) electrons. The van der Waals surface area contributed by atoms with Crippen LogP contribution in [0, 0.1) is 5.41 Å². The van der Waals surface area contributed by atoms with Crippen LogP contribution in [0.25, 0.3) is 0 Å². The molecular formula is C14H22ClN. The zero-order valence-electron chi connectivity index (χ0n) is 10.5. The Morgan fingerprint density at radius 3 is 2.19 bits per heavy atom. The Balaban J connectivity index is 2.64. The monoisotopic (exact) mass is 239 g/mol. The van der Waals surface area contributed by atoms with Crippen molar-refractivity contribution < 1.29 is 0 Å². The van der Waals surface area contributed by atoms with Crippen LogP contribution < -0.4 is 5.73 Å². The molecule has 0 aliphatic rings. The third-order valence-electron chi connectivity index (χ3n) is 2.87. The molecule has 1 atom stereocenters. The fourth-order valence-electron chi connectivity index (χ4n) is 1.76. The minimum atomic E-state index is 0.375. The molecular weight excluding hydrogens is 218 g/mol. The molecule has 1 unspecified atom stereocenters. The molecule has 0 heterocycles. The van der Waals surface area contributed by atoms with Crippen molar-refractivity contribution in [1.82, 2.24) is 0 Å². The first-order valence-electron chi connectivity index (χ1n) is 5.88. The van der Waals surface area contributed by atoms with E-state index in [-0.39, 0.29) is 0 Å². The van der Waals surface area contributed by atoms with Gasteiger partial charge in [0.05, 0.1) is 0 Å². The van der Waals surface area contributed by atoms with Gasteiger partial charge in [0.2, 0.25) is 0 Å². The third kappa shape index (κ3) is 4.54.